The van der Waals surface area contributed by atoms with Gasteiger partial charge in [0, 0.05) is 12.3 Å². The Labute approximate surface area is 163 Å². The summed E-state index contributed by atoms with van der Waals surface area (Å²) in [6, 6.07) is 11.5. The molecule has 1 atom stereocenters. The van der Waals surface area contributed by atoms with Gasteiger partial charge in [0.05, 0.1) is 23.8 Å². The second-order valence-electron chi connectivity index (χ2n) is 7.22. The molecule has 5 heteroatoms. The lowest BCUT2D eigenvalue weighted by Crippen LogP contribution is -2.25. The van der Waals surface area contributed by atoms with Gasteiger partial charge < -0.3 is 9.88 Å². The van der Waals surface area contributed by atoms with Crippen LogP contribution >= 0.6 is 0 Å². The molecule has 2 aromatic carbocycles. The number of carbonyl (C=O) groups is 1. The average molecular weight is 375 g/mol. The van der Waals surface area contributed by atoms with Gasteiger partial charge in [-0.15, -0.1) is 0 Å². The van der Waals surface area contributed by atoms with Gasteiger partial charge in [-0.25, -0.2) is 9.37 Å². The second kappa shape index (κ2) is 7.43. The van der Waals surface area contributed by atoms with Crippen molar-refractivity contribution in [3.8, 4) is 5.69 Å². The monoisotopic (exact) mass is 375 g/mol. The van der Waals surface area contributed by atoms with E-state index in [1.54, 1.807) is 23.2 Å². The van der Waals surface area contributed by atoms with Gasteiger partial charge in [-0.1, -0.05) is 24.3 Å². The molecule has 1 aliphatic carbocycles. The SMILES string of the molecule is Cc1cn(-c2c(C)cc(/C=C/C(=O)NC3CCc4ccccc43)cc2F)cn1. The maximum Gasteiger partial charge on any atom is 0.244 e. The summed E-state index contributed by atoms with van der Waals surface area (Å²) < 4.78 is 16.3. The fraction of sp³-hybridized carbons (Fsp3) is 0.217. The number of carbonyl (C=O) groups excluding carboxylic acids is 1. The number of hydrogen-bond acceptors (Lipinski definition) is 2. The summed E-state index contributed by atoms with van der Waals surface area (Å²) in [7, 11) is 0. The third kappa shape index (κ3) is 3.60. The number of imidazole rings is 1. The summed E-state index contributed by atoms with van der Waals surface area (Å²) in [5.74, 6) is -0.517. The smallest absolute Gasteiger partial charge is 0.244 e. The molecule has 0 bridgehead atoms. The molecule has 1 N–H and O–H groups in total. The number of nitrogens with one attached hydrogen (secondary N) is 1. The fourth-order valence-electron chi connectivity index (χ4n) is 3.83. The van der Waals surface area contributed by atoms with Crippen LogP contribution < -0.4 is 5.32 Å². The lowest BCUT2D eigenvalue weighted by atomic mass is 10.1. The maximum absolute atomic E-state index is 14.6. The molecule has 28 heavy (non-hydrogen) atoms. The number of fused-ring (bicyclic) bond motifs is 1. The molecule has 4 rings (SSSR count). The van der Waals surface area contributed by atoms with Crippen molar-refractivity contribution in [2.75, 3.05) is 0 Å². The van der Waals surface area contributed by atoms with Gasteiger partial charge in [0.1, 0.15) is 5.82 Å². The highest BCUT2D eigenvalue weighted by atomic mass is 19.1. The van der Waals surface area contributed by atoms with E-state index in [-0.39, 0.29) is 17.8 Å². The van der Waals surface area contributed by atoms with Crippen LogP contribution in [0.15, 0.2) is 55.0 Å². The number of hydrogen-bond donors (Lipinski definition) is 1. The first-order valence-corrected chi connectivity index (χ1v) is 9.39. The van der Waals surface area contributed by atoms with E-state index < -0.39 is 0 Å². The Bertz CT molecular complexity index is 1040. The molecule has 0 fully saturated rings. The Balaban J connectivity index is 1.48. The number of halogens is 1. The molecule has 1 amide bonds. The van der Waals surface area contributed by atoms with E-state index >= 15 is 0 Å². The van der Waals surface area contributed by atoms with Crippen LogP contribution in [0.5, 0.6) is 0 Å². The van der Waals surface area contributed by atoms with Crippen LogP contribution in [-0.2, 0) is 11.2 Å². The predicted octanol–water partition coefficient (Wildman–Crippen LogP) is 4.45. The lowest BCUT2D eigenvalue weighted by Gasteiger charge is -2.12. The second-order valence-corrected chi connectivity index (χ2v) is 7.22. The summed E-state index contributed by atoms with van der Waals surface area (Å²) >= 11 is 0. The molecule has 1 aromatic heterocycles. The summed E-state index contributed by atoms with van der Waals surface area (Å²) in [6.45, 7) is 3.71. The van der Waals surface area contributed by atoms with Crippen LogP contribution in [0, 0.1) is 19.7 Å². The number of amides is 1. The lowest BCUT2D eigenvalue weighted by molar-refractivity contribution is -0.117. The molecule has 0 saturated carbocycles. The molecule has 0 radical (unpaired) electrons. The van der Waals surface area contributed by atoms with E-state index in [4.69, 9.17) is 0 Å². The normalized spacial score (nSPS) is 15.8. The van der Waals surface area contributed by atoms with Crippen molar-refractivity contribution >= 4 is 12.0 Å². The highest BCUT2D eigenvalue weighted by Crippen LogP contribution is 2.30. The molecule has 0 aliphatic heterocycles. The predicted molar refractivity (Wildman–Crippen MR) is 108 cm³/mol. The third-order valence-electron chi connectivity index (χ3n) is 5.12. The highest BCUT2D eigenvalue weighted by Gasteiger charge is 2.22. The number of rotatable bonds is 4. The van der Waals surface area contributed by atoms with E-state index in [9.17, 15) is 9.18 Å². The Morgan fingerprint density at radius 3 is 2.86 bits per heavy atom. The molecule has 0 saturated heterocycles. The topological polar surface area (TPSA) is 46.9 Å². The number of aromatic nitrogens is 2. The first-order valence-electron chi connectivity index (χ1n) is 9.39. The maximum atomic E-state index is 14.6. The van der Waals surface area contributed by atoms with Crippen LogP contribution in [0.4, 0.5) is 4.39 Å². The molecule has 1 unspecified atom stereocenters. The van der Waals surface area contributed by atoms with Gasteiger partial charge in [-0.05, 0) is 67.2 Å². The molecule has 1 heterocycles. The van der Waals surface area contributed by atoms with E-state index in [1.165, 1.54) is 23.3 Å². The zero-order valence-electron chi connectivity index (χ0n) is 15.9. The quantitative estimate of drug-likeness (QED) is 0.685. The Morgan fingerprint density at radius 1 is 1.29 bits per heavy atom. The fourth-order valence-corrected chi connectivity index (χ4v) is 3.83. The van der Waals surface area contributed by atoms with Crippen LogP contribution in [-0.4, -0.2) is 15.5 Å². The molecule has 3 aromatic rings. The minimum atomic E-state index is -0.345. The molecular weight excluding hydrogens is 353 g/mol. The van der Waals surface area contributed by atoms with Crippen LogP contribution in [0.2, 0.25) is 0 Å². The molecule has 4 nitrogen and oxygen atoms in total. The van der Waals surface area contributed by atoms with Crippen molar-refractivity contribution in [3.05, 3.63) is 88.8 Å². The molecule has 142 valence electrons. The minimum Gasteiger partial charge on any atom is -0.346 e. The van der Waals surface area contributed by atoms with E-state index in [2.05, 4.69) is 22.4 Å². The van der Waals surface area contributed by atoms with E-state index in [0.717, 1.165) is 24.1 Å². The van der Waals surface area contributed by atoms with Gasteiger partial charge in [0.2, 0.25) is 5.91 Å². The van der Waals surface area contributed by atoms with Crippen molar-refractivity contribution in [1.29, 1.82) is 0 Å². The summed E-state index contributed by atoms with van der Waals surface area (Å²) in [5.41, 5.74) is 5.21. The molecular formula is C23H22FN3O. The van der Waals surface area contributed by atoms with Gasteiger partial charge in [0.25, 0.3) is 0 Å². The van der Waals surface area contributed by atoms with Gasteiger partial charge in [-0.2, -0.15) is 0 Å². The largest absolute Gasteiger partial charge is 0.346 e. The van der Waals surface area contributed by atoms with Crippen LogP contribution in [0.1, 0.15) is 40.4 Å². The first-order chi connectivity index (χ1) is 13.5. The molecule has 0 spiro atoms. The summed E-state index contributed by atoms with van der Waals surface area (Å²) in [4.78, 5) is 16.5. The van der Waals surface area contributed by atoms with Crippen molar-refractivity contribution < 1.29 is 9.18 Å². The Kier molecular flexibility index (Phi) is 4.82. The van der Waals surface area contributed by atoms with Gasteiger partial charge in [0.15, 0.2) is 0 Å². The van der Waals surface area contributed by atoms with Crippen LogP contribution in [0.3, 0.4) is 0 Å². The van der Waals surface area contributed by atoms with Crippen molar-refractivity contribution in [2.24, 2.45) is 0 Å². The number of nitrogens with zero attached hydrogens (tertiary/aromatic N) is 2. The van der Waals surface area contributed by atoms with Crippen molar-refractivity contribution in [1.82, 2.24) is 14.9 Å². The Hall–Kier alpha value is -3.21. The first kappa shape index (κ1) is 18.2. The van der Waals surface area contributed by atoms with Gasteiger partial charge in [-0.3, -0.25) is 4.79 Å². The summed E-state index contributed by atoms with van der Waals surface area (Å²) in [5, 5.41) is 3.04. The zero-order valence-corrected chi connectivity index (χ0v) is 15.9. The summed E-state index contributed by atoms with van der Waals surface area (Å²) in [6.07, 6.45) is 8.39. The van der Waals surface area contributed by atoms with E-state index in [1.807, 2.05) is 32.0 Å². The number of aryl methyl sites for hydroxylation is 3. The third-order valence-corrected chi connectivity index (χ3v) is 5.12. The van der Waals surface area contributed by atoms with Crippen LogP contribution in [0.25, 0.3) is 11.8 Å². The van der Waals surface area contributed by atoms with Crippen molar-refractivity contribution in [2.45, 2.75) is 32.7 Å². The minimum absolute atomic E-state index is 0.0404. The average Bonchev–Trinajstić information content (AvgIpc) is 3.26. The molecule has 1 aliphatic rings. The van der Waals surface area contributed by atoms with E-state index in [0.29, 0.717) is 11.3 Å². The number of benzene rings is 2. The highest BCUT2D eigenvalue weighted by molar-refractivity contribution is 5.92. The Morgan fingerprint density at radius 2 is 2.11 bits per heavy atom. The van der Waals surface area contributed by atoms with Gasteiger partial charge >= 0.3 is 0 Å². The standard InChI is InChI=1S/C23H22FN3O/c1-15-11-17(12-20(24)23(15)27-13-16(2)25-14-27)7-10-22(28)26-21-9-8-18-5-3-4-6-19(18)21/h3-7,10-14,21H,8-9H2,1-2H3,(H,26,28)/b10-7+. The zero-order chi connectivity index (χ0) is 19.7. The van der Waals surface area contributed by atoms with Crippen molar-refractivity contribution in [3.63, 3.8) is 0 Å².